The molecule has 528 valence electrons. The Morgan fingerprint density at radius 3 is 1.32 bits per heavy atom. The fraction of sp³-hybridized carbons (Fsp3) is 1.00. The molecular formula is C80H160O8. The molecule has 0 saturated heterocycles. The summed E-state index contributed by atoms with van der Waals surface area (Å²) in [5, 5.41) is 76.6. The van der Waals surface area contributed by atoms with Crippen LogP contribution in [-0.4, -0.2) is 89.7 Å². The fourth-order valence-electron chi connectivity index (χ4n) is 17.5. The van der Waals surface area contributed by atoms with Crippen LogP contribution in [0.2, 0.25) is 0 Å². The van der Waals surface area contributed by atoms with Gasteiger partial charge in [0.05, 0.1) is 48.8 Å². The van der Waals surface area contributed by atoms with Crippen molar-refractivity contribution in [2.45, 2.75) is 416 Å². The number of aliphatic hydroxyl groups excluding tert-OH is 8. The highest BCUT2D eigenvalue weighted by Gasteiger charge is 2.32. The molecule has 8 aliphatic rings. The summed E-state index contributed by atoms with van der Waals surface area (Å²) < 4.78 is 0. The SMILES string of the molecule is CCCC1C(C)CCCC1O.CCCC1CC(C)CC(O)C1.CCCC1CC(C)CCC1O.CCCC1CC(O)CCC1C.CCCC1CCC(C)C(O)C1.CCCC1CCC(C)CC1O.CCCC1CCC(O)CC1C.CCCC1CCCC(C)C1O. The van der Waals surface area contributed by atoms with Gasteiger partial charge >= 0.3 is 0 Å². The van der Waals surface area contributed by atoms with Gasteiger partial charge in [-0.3, -0.25) is 0 Å². The Morgan fingerprint density at radius 2 is 0.739 bits per heavy atom. The molecule has 8 nitrogen and oxygen atoms in total. The van der Waals surface area contributed by atoms with Crippen LogP contribution in [0.1, 0.15) is 368 Å². The molecule has 0 heterocycles. The molecule has 8 saturated carbocycles. The van der Waals surface area contributed by atoms with Gasteiger partial charge in [-0.15, -0.1) is 0 Å². The number of hydrogen-bond donors (Lipinski definition) is 8. The van der Waals surface area contributed by atoms with E-state index in [1.54, 1.807) is 0 Å². The number of hydrogen-bond acceptors (Lipinski definition) is 8. The lowest BCUT2D eigenvalue weighted by molar-refractivity contribution is 0.0212. The summed E-state index contributed by atoms with van der Waals surface area (Å²) in [6.07, 6.45) is 48.2. The van der Waals surface area contributed by atoms with E-state index in [1.165, 1.54) is 193 Å². The molecule has 8 rings (SSSR count). The van der Waals surface area contributed by atoms with E-state index in [4.69, 9.17) is 0 Å². The summed E-state index contributed by atoms with van der Waals surface area (Å²) in [6.45, 7) is 35.8. The van der Waals surface area contributed by atoms with E-state index in [0.29, 0.717) is 35.5 Å². The molecule has 0 bridgehead atoms. The van der Waals surface area contributed by atoms with Crippen LogP contribution in [0.3, 0.4) is 0 Å². The van der Waals surface area contributed by atoms with Gasteiger partial charge in [-0.25, -0.2) is 0 Å². The van der Waals surface area contributed by atoms with Gasteiger partial charge in [0.1, 0.15) is 0 Å². The van der Waals surface area contributed by atoms with Crippen molar-refractivity contribution >= 4 is 0 Å². The van der Waals surface area contributed by atoms with Crippen molar-refractivity contribution in [3.8, 4) is 0 Å². The Balaban J connectivity index is 0.000000503. The molecule has 0 aromatic heterocycles. The number of aliphatic hydroxyl groups is 8. The maximum absolute atomic E-state index is 9.77. The van der Waals surface area contributed by atoms with Crippen molar-refractivity contribution in [2.75, 3.05) is 0 Å². The molecular weight excluding hydrogens is 1090 g/mol. The molecule has 8 fully saturated rings. The Bertz CT molecular complexity index is 1480. The van der Waals surface area contributed by atoms with E-state index in [9.17, 15) is 40.9 Å². The molecule has 8 heteroatoms. The van der Waals surface area contributed by atoms with Crippen molar-refractivity contribution in [1.82, 2.24) is 0 Å². The molecule has 0 radical (unpaired) electrons. The highest BCUT2D eigenvalue weighted by molar-refractivity contribution is 4.83. The zero-order chi connectivity index (χ0) is 66.1. The lowest BCUT2D eigenvalue weighted by Gasteiger charge is -2.33. The van der Waals surface area contributed by atoms with Crippen LogP contribution in [0.15, 0.2) is 0 Å². The fourth-order valence-corrected chi connectivity index (χ4v) is 17.5. The number of rotatable bonds is 16. The standard InChI is InChI=1S/8C10H20O/c1-3-5-9-8(2)6-4-7-10(9)11;1-3-5-9-7-4-6-8(2)10(9)11;1-3-4-9-5-8(2)6-10(11)7-9;1-3-4-9-5-6-10(11)7-8(9)2;1-3-4-9-7-10(11)6-5-8(9)2;1-3-4-9-6-5-8(2)10(11)7-9;1-3-4-9-7-8(2)5-6-10(9)11;1-3-4-9-6-5-8(2)7-10(9)11/h8*8-11H,3-7H2,1-2H3. The first kappa shape index (κ1) is 85.7. The van der Waals surface area contributed by atoms with Gasteiger partial charge in [0, 0.05) is 0 Å². The average Bonchev–Trinajstić information content (AvgIpc) is 3.52. The van der Waals surface area contributed by atoms with Gasteiger partial charge < -0.3 is 40.9 Å². The molecule has 8 N–H and O–H groups in total. The van der Waals surface area contributed by atoms with Gasteiger partial charge in [0.2, 0.25) is 0 Å². The molecule has 24 unspecified atom stereocenters. The maximum atomic E-state index is 9.77. The molecule has 0 aliphatic heterocycles. The first-order valence-electron chi connectivity index (χ1n) is 39.4. The topological polar surface area (TPSA) is 162 Å². The van der Waals surface area contributed by atoms with Crippen LogP contribution >= 0.6 is 0 Å². The maximum Gasteiger partial charge on any atom is 0.0593 e. The van der Waals surface area contributed by atoms with Gasteiger partial charge in [-0.2, -0.15) is 0 Å². The zero-order valence-corrected chi connectivity index (χ0v) is 61.7. The predicted molar refractivity (Wildman–Crippen MR) is 379 cm³/mol. The van der Waals surface area contributed by atoms with E-state index < -0.39 is 0 Å². The summed E-state index contributed by atoms with van der Waals surface area (Å²) in [7, 11) is 0. The lowest BCUT2D eigenvalue weighted by Crippen LogP contribution is -2.31. The first-order chi connectivity index (χ1) is 41.9. The van der Waals surface area contributed by atoms with Crippen LogP contribution in [0.25, 0.3) is 0 Å². The molecule has 0 aromatic rings. The van der Waals surface area contributed by atoms with Crippen molar-refractivity contribution in [3.05, 3.63) is 0 Å². The summed E-state index contributed by atoms with van der Waals surface area (Å²) in [5.74, 6) is 11.5. The van der Waals surface area contributed by atoms with Crippen molar-refractivity contribution in [3.63, 3.8) is 0 Å². The second-order valence-electron chi connectivity index (χ2n) is 32.1. The van der Waals surface area contributed by atoms with E-state index >= 15 is 0 Å². The summed E-state index contributed by atoms with van der Waals surface area (Å²) in [4.78, 5) is 0. The van der Waals surface area contributed by atoms with Gasteiger partial charge in [-0.05, 0) is 242 Å². The van der Waals surface area contributed by atoms with Crippen molar-refractivity contribution in [2.24, 2.45) is 94.7 Å². The summed E-state index contributed by atoms with van der Waals surface area (Å²) in [5.41, 5.74) is 0. The Kier molecular flexibility index (Phi) is 49.7. The quantitative estimate of drug-likeness (QED) is 0.0758. The zero-order valence-electron chi connectivity index (χ0n) is 61.7. The lowest BCUT2D eigenvalue weighted by atomic mass is 9.76. The smallest absolute Gasteiger partial charge is 0.0593 e. The van der Waals surface area contributed by atoms with Crippen LogP contribution in [0.4, 0.5) is 0 Å². The third-order valence-corrected chi connectivity index (χ3v) is 23.4. The Morgan fingerprint density at radius 1 is 0.239 bits per heavy atom. The molecule has 0 amide bonds. The summed E-state index contributed by atoms with van der Waals surface area (Å²) >= 11 is 0. The highest BCUT2D eigenvalue weighted by Crippen LogP contribution is 2.38. The second kappa shape index (κ2) is 51.0. The van der Waals surface area contributed by atoms with E-state index in [-0.39, 0.29) is 48.8 Å². The minimum Gasteiger partial charge on any atom is -0.393 e. The van der Waals surface area contributed by atoms with Gasteiger partial charge in [-0.1, -0.05) is 220 Å². The van der Waals surface area contributed by atoms with Crippen LogP contribution < -0.4 is 0 Å². The second-order valence-corrected chi connectivity index (χ2v) is 32.1. The van der Waals surface area contributed by atoms with Crippen molar-refractivity contribution < 1.29 is 40.9 Å². The van der Waals surface area contributed by atoms with Crippen LogP contribution in [0, 0.1) is 94.7 Å². The normalized spacial score (nSPS) is 39.0. The van der Waals surface area contributed by atoms with Gasteiger partial charge in [0.25, 0.3) is 0 Å². The third kappa shape index (κ3) is 37.1. The van der Waals surface area contributed by atoms with Crippen molar-refractivity contribution in [1.29, 1.82) is 0 Å². The van der Waals surface area contributed by atoms with Gasteiger partial charge in [0.15, 0.2) is 0 Å². The van der Waals surface area contributed by atoms with E-state index in [0.717, 1.165) is 123 Å². The largest absolute Gasteiger partial charge is 0.393 e. The first-order valence-corrected chi connectivity index (χ1v) is 39.4. The van der Waals surface area contributed by atoms with Crippen LogP contribution in [0.5, 0.6) is 0 Å². The molecule has 88 heavy (non-hydrogen) atoms. The Hall–Kier alpha value is -0.320. The minimum absolute atomic E-state index is 0.00120. The van der Waals surface area contributed by atoms with E-state index in [1.807, 2.05) is 0 Å². The van der Waals surface area contributed by atoms with Crippen LogP contribution in [-0.2, 0) is 0 Å². The molecule has 0 spiro atoms. The highest BCUT2D eigenvalue weighted by atomic mass is 16.3. The average molecular weight is 1250 g/mol. The third-order valence-electron chi connectivity index (χ3n) is 23.4. The molecule has 24 atom stereocenters. The summed E-state index contributed by atoms with van der Waals surface area (Å²) in [6, 6.07) is 0. The molecule has 0 aromatic carbocycles. The molecule has 8 aliphatic carbocycles. The predicted octanol–water partition coefficient (Wildman–Crippen LogP) is 20.7. The monoisotopic (exact) mass is 1250 g/mol. The minimum atomic E-state index is -0.0136. The Labute approximate surface area is 549 Å². The van der Waals surface area contributed by atoms with E-state index in [2.05, 4.69) is 111 Å².